The molecule has 0 amide bonds. The lowest BCUT2D eigenvalue weighted by Crippen LogP contribution is -2.35. The van der Waals surface area contributed by atoms with Gasteiger partial charge in [-0.1, -0.05) is 13.3 Å². The highest BCUT2D eigenvalue weighted by atomic mass is 17.3. The molecular weight excluding hydrogens is 142 g/mol. The van der Waals surface area contributed by atoms with Crippen LogP contribution in [0.3, 0.4) is 0 Å². The fourth-order valence-electron chi connectivity index (χ4n) is 0.399. The highest BCUT2D eigenvalue weighted by molar-refractivity contribution is 4.62. The van der Waals surface area contributed by atoms with E-state index in [9.17, 15) is 0 Å². The van der Waals surface area contributed by atoms with Crippen molar-refractivity contribution in [2.75, 3.05) is 6.61 Å². The first-order chi connectivity index (χ1) is 5.06. The Labute approximate surface area is 69.0 Å². The first kappa shape index (κ1) is 10.9. The highest BCUT2D eigenvalue weighted by Gasteiger charge is 2.08. The number of hydroxylamine groups is 1. The number of hydrogen-bond acceptors (Lipinski definition) is 3. The van der Waals surface area contributed by atoms with Gasteiger partial charge < -0.3 is 0 Å². The normalized spacial score (nSPS) is 12.0. The summed E-state index contributed by atoms with van der Waals surface area (Å²) in [5.74, 6) is 0. The van der Waals surface area contributed by atoms with Crippen LogP contribution in [0, 0.1) is 0 Å². The lowest BCUT2D eigenvalue weighted by atomic mass is 10.1. The van der Waals surface area contributed by atoms with E-state index in [1.54, 1.807) is 0 Å². The molecule has 68 valence electrons. The molecule has 0 bridgehead atoms. The molecular formula is C8H19NO2. The summed E-state index contributed by atoms with van der Waals surface area (Å²) in [5, 5.41) is 0. The molecule has 0 radical (unpaired) electrons. The Morgan fingerprint density at radius 1 is 1.27 bits per heavy atom. The van der Waals surface area contributed by atoms with Gasteiger partial charge in [-0.2, -0.15) is 5.48 Å². The smallest absolute Gasteiger partial charge is 0.0842 e. The molecule has 3 heteroatoms. The molecule has 0 saturated heterocycles. The quantitative estimate of drug-likeness (QED) is 0.380. The van der Waals surface area contributed by atoms with Crippen LogP contribution in [0.1, 0.15) is 40.5 Å². The molecule has 0 aromatic carbocycles. The van der Waals surface area contributed by atoms with Gasteiger partial charge in [-0.3, -0.25) is 0 Å². The Kier molecular flexibility index (Phi) is 5.46. The van der Waals surface area contributed by atoms with Crippen LogP contribution in [0.25, 0.3) is 0 Å². The third kappa shape index (κ3) is 9.88. The minimum absolute atomic E-state index is 0.0494. The maximum atomic E-state index is 4.84. The first-order valence-electron chi connectivity index (χ1n) is 4.12. The van der Waals surface area contributed by atoms with Crippen LogP contribution in [0.4, 0.5) is 0 Å². The third-order valence-corrected chi connectivity index (χ3v) is 0.988. The number of rotatable bonds is 5. The molecule has 0 aromatic heterocycles. The summed E-state index contributed by atoms with van der Waals surface area (Å²) < 4.78 is 0. The molecule has 0 heterocycles. The van der Waals surface area contributed by atoms with Gasteiger partial charge in [0.25, 0.3) is 0 Å². The van der Waals surface area contributed by atoms with Crippen LogP contribution in [0.15, 0.2) is 0 Å². The number of nitrogens with one attached hydrogen (secondary N) is 1. The van der Waals surface area contributed by atoms with Gasteiger partial charge in [0, 0.05) is 5.54 Å². The fraction of sp³-hybridized carbons (Fsp3) is 1.00. The summed E-state index contributed by atoms with van der Waals surface area (Å²) >= 11 is 0. The van der Waals surface area contributed by atoms with E-state index >= 15 is 0 Å². The molecule has 0 unspecified atom stereocenters. The van der Waals surface area contributed by atoms with Crippen molar-refractivity contribution in [1.82, 2.24) is 5.48 Å². The Balaban J connectivity index is 3.02. The zero-order valence-electron chi connectivity index (χ0n) is 7.94. The number of unbranched alkanes of at least 4 members (excludes halogenated alkanes) is 1. The third-order valence-electron chi connectivity index (χ3n) is 0.988. The second kappa shape index (κ2) is 5.52. The van der Waals surface area contributed by atoms with Crippen LogP contribution in [-0.2, 0) is 9.88 Å². The van der Waals surface area contributed by atoms with Crippen molar-refractivity contribution < 1.29 is 9.88 Å². The maximum Gasteiger partial charge on any atom is 0.0842 e. The van der Waals surface area contributed by atoms with E-state index < -0.39 is 0 Å². The molecule has 0 aliphatic carbocycles. The lowest BCUT2D eigenvalue weighted by molar-refractivity contribution is -0.348. The van der Waals surface area contributed by atoms with Gasteiger partial charge in [0.2, 0.25) is 0 Å². The van der Waals surface area contributed by atoms with Gasteiger partial charge in [-0.15, -0.1) is 4.99 Å². The van der Waals surface area contributed by atoms with Crippen LogP contribution < -0.4 is 5.48 Å². The molecule has 3 nitrogen and oxygen atoms in total. The van der Waals surface area contributed by atoms with Crippen molar-refractivity contribution in [2.24, 2.45) is 0 Å². The van der Waals surface area contributed by atoms with Gasteiger partial charge in [0.15, 0.2) is 0 Å². The van der Waals surface area contributed by atoms with Crippen molar-refractivity contribution in [2.45, 2.75) is 46.1 Å². The largest absolute Gasteiger partial charge is 0.218 e. The topological polar surface area (TPSA) is 30.5 Å². The second-order valence-corrected chi connectivity index (χ2v) is 3.61. The monoisotopic (exact) mass is 161 g/mol. The minimum atomic E-state index is -0.0494. The summed E-state index contributed by atoms with van der Waals surface area (Å²) in [5.41, 5.74) is 2.71. The van der Waals surface area contributed by atoms with Gasteiger partial charge in [0.05, 0.1) is 6.61 Å². The molecule has 0 atom stereocenters. The zero-order valence-corrected chi connectivity index (χ0v) is 7.94. The van der Waals surface area contributed by atoms with Crippen LogP contribution >= 0.6 is 0 Å². The average Bonchev–Trinajstić information content (AvgIpc) is 1.85. The van der Waals surface area contributed by atoms with Crippen molar-refractivity contribution in [3.63, 3.8) is 0 Å². The predicted octanol–water partition coefficient (Wildman–Crippen LogP) is 2.04. The Morgan fingerprint density at radius 2 is 1.91 bits per heavy atom. The summed E-state index contributed by atoms with van der Waals surface area (Å²) in [6.45, 7) is 8.79. The Bertz CT molecular complexity index is 88.6. The standard InChI is InChI=1S/C8H19NO2/c1-5-6-7-10-11-9-8(2,3)4/h9H,5-7H2,1-4H3. The maximum absolute atomic E-state index is 4.84. The van der Waals surface area contributed by atoms with E-state index in [0.717, 1.165) is 12.8 Å². The highest BCUT2D eigenvalue weighted by Crippen LogP contribution is 1.98. The van der Waals surface area contributed by atoms with Crippen LogP contribution in [0.2, 0.25) is 0 Å². The number of hydrogen-bond donors (Lipinski definition) is 1. The van der Waals surface area contributed by atoms with Crippen molar-refractivity contribution >= 4 is 0 Å². The molecule has 1 N–H and O–H groups in total. The molecule has 0 spiro atoms. The van der Waals surface area contributed by atoms with Crippen molar-refractivity contribution in [3.8, 4) is 0 Å². The summed E-state index contributed by atoms with van der Waals surface area (Å²) in [6, 6.07) is 0. The van der Waals surface area contributed by atoms with Gasteiger partial charge in [-0.25, -0.2) is 4.89 Å². The van der Waals surface area contributed by atoms with E-state index in [0.29, 0.717) is 6.61 Å². The summed E-state index contributed by atoms with van der Waals surface area (Å²) in [6.07, 6.45) is 2.16. The van der Waals surface area contributed by atoms with Crippen LogP contribution in [0.5, 0.6) is 0 Å². The molecule has 0 saturated carbocycles. The Morgan fingerprint density at radius 3 is 2.36 bits per heavy atom. The minimum Gasteiger partial charge on any atom is -0.218 e. The van der Waals surface area contributed by atoms with Crippen LogP contribution in [-0.4, -0.2) is 12.1 Å². The van der Waals surface area contributed by atoms with E-state index in [1.165, 1.54) is 0 Å². The summed E-state index contributed by atoms with van der Waals surface area (Å²) in [7, 11) is 0. The zero-order chi connectivity index (χ0) is 8.74. The molecule has 11 heavy (non-hydrogen) atoms. The first-order valence-corrected chi connectivity index (χ1v) is 4.12. The molecule has 0 aliphatic heterocycles. The van der Waals surface area contributed by atoms with E-state index in [4.69, 9.17) is 9.88 Å². The summed E-state index contributed by atoms with van der Waals surface area (Å²) in [4.78, 5) is 9.59. The molecule has 0 aliphatic rings. The Hall–Kier alpha value is -0.120. The second-order valence-electron chi connectivity index (χ2n) is 3.61. The van der Waals surface area contributed by atoms with Gasteiger partial charge >= 0.3 is 0 Å². The van der Waals surface area contributed by atoms with E-state index in [2.05, 4.69) is 12.4 Å². The van der Waals surface area contributed by atoms with E-state index in [-0.39, 0.29) is 5.54 Å². The predicted molar refractivity (Wildman–Crippen MR) is 44.8 cm³/mol. The van der Waals surface area contributed by atoms with Crippen molar-refractivity contribution in [3.05, 3.63) is 0 Å². The SMILES string of the molecule is CCCCOONC(C)(C)C. The fourth-order valence-corrected chi connectivity index (χ4v) is 0.399. The molecule has 0 aromatic rings. The van der Waals surface area contributed by atoms with E-state index in [1.807, 2.05) is 20.8 Å². The van der Waals surface area contributed by atoms with Gasteiger partial charge in [-0.05, 0) is 27.2 Å². The van der Waals surface area contributed by atoms with Gasteiger partial charge in [0.1, 0.15) is 0 Å². The average molecular weight is 161 g/mol. The molecule has 0 fully saturated rings. The van der Waals surface area contributed by atoms with Crippen molar-refractivity contribution in [1.29, 1.82) is 0 Å². The lowest BCUT2D eigenvalue weighted by Gasteiger charge is -2.18. The molecule has 0 rings (SSSR count).